The maximum absolute atomic E-state index is 10.1. The first-order valence-corrected chi connectivity index (χ1v) is 3.19. The molecule has 0 atom stereocenters. The Kier molecular flexibility index (Phi) is 2.20. The fraction of sp³-hybridized carbons (Fsp3) is 0.500. The van der Waals surface area contributed by atoms with E-state index in [0.717, 1.165) is 0 Å². The summed E-state index contributed by atoms with van der Waals surface area (Å²) in [5.74, 6) is -0.0175. The first-order valence-electron chi connectivity index (χ1n) is 3.19. The van der Waals surface area contributed by atoms with Gasteiger partial charge in [-0.25, -0.2) is 0 Å². The Bertz CT molecular complexity index is 256. The van der Waals surface area contributed by atoms with E-state index < -0.39 is 5.97 Å². The summed E-state index contributed by atoms with van der Waals surface area (Å²) >= 11 is 0. The Hall–Kier alpha value is -1.39. The molecule has 1 N–H and O–H groups in total. The molecule has 5 heteroatoms. The van der Waals surface area contributed by atoms with Crippen LogP contribution in [0.5, 0.6) is 0 Å². The van der Waals surface area contributed by atoms with Gasteiger partial charge in [0.15, 0.2) is 0 Å². The molecule has 0 bridgehead atoms. The second-order valence-corrected chi connectivity index (χ2v) is 2.11. The van der Waals surface area contributed by atoms with Gasteiger partial charge in [-0.1, -0.05) is 0 Å². The highest BCUT2D eigenvalue weighted by molar-refractivity contribution is 5.66. The summed E-state index contributed by atoms with van der Waals surface area (Å²) < 4.78 is 4.95. The minimum atomic E-state index is -0.860. The molecular weight excluding hydrogens is 148 g/mol. The van der Waals surface area contributed by atoms with E-state index in [2.05, 4.69) is 10.2 Å². The van der Waals surface area contributed by atoms with Crippen LogP contribution in [0.1, 0.15) is 18.2 Å². The topological polar surface area (TPSA) is 76.2 Å². The summed E-state index contributed by atoms with van der Waals surface area (Å²) in [6.07, 6.45) is 0.331. The van der Waals surface area contributed by atoms with Crippen molar-refractivity contribution in [3.05, 3.63) is 11.8 Å². The number of hydrogen-bond acceptors (Lipinski definition) is 4. The van der Waals surface area contributed by atoms with Crippen LogP contribution >= 0.6 is 0 Å². The predicted octanol–water partition coefficient (Wildman–Crippen LogP) is 0.395. The van der Waals surface area contributed by atoms with Gasteiger partial charge in [0.1, 0.15) is 0 Å². The van der Waals surface area contributed by atoms with Crippen LogP contribution in [0.15, 0.2) is 4.42 Å². The molecule has 60 valence electrons. The summed E-state index contributed by atoms with van der Waals surface area (Å²) in [4.78, 5) is 10.1. The summed E-state index contributed by atoms with van der Waals surface area (Å²) in [5, 5.41) is 15.5. The molecule has 0 spiro atoms. The Morgan fingerprint density at radius 1 is 1.64 bits per heavy atom. The Balaban J connectivity index is 2.45. The van der Waals surface area contributed by atoms with E-state index >= 15 is 0 Å². The van der Waals surface area contributed by atoms with Crippen LogP contribution in [0.3, 0.4) is 0 Å². The van der Waals surface area contributed by atoms with E-state index in [1.54, 1.807) is 6.92 Å². The normalized spacial score (nSPS) is 9.91. The fourth-order valence-corrected chi connectivity index (χ4v) is 0.652. The summed E-state index contributed by atoms with van der Waals surface area (Å²) in [6.45, 7) is 1.66. The quantitative estimate of drug-likeness (QED) is 0.685. The standard InChI is InChI=1S/C6H8N2O3/c1-4-7-8-5(11-4)2-3-6(9)10/h2-3H2,1H3,(H,9,10). The van der Waals surface area contributed by atoms with Crippen molar-refractivity contribution >= 4 is 5.97 Å². The van der Waals surface area contributed by atoms with Gasteiger partial charge in [-0.2, -0.15) is 0 Å². The second kappa shape index (κ2) is 3.14. The Morgan fingerprint density at radius 3 is 2.82 bits per heavy atom. The van der Waals surface area contributed by atoms with E-state index in [9.17, 15) is 4.79 Å². The third-order valence-electron chi connectivity index (χ3n) is 1.12. The molecular formula is C6H8N2O3. The number of aryl methyl sites for hydroxylation is 2. The van der Waals surface area contributed by atoms with Crippen LogP contribution in [0.2, 0.25) is 0 Å². The Labute approximate surface area is 63.0 Å². The van der Waals surface area contributed by atoms with Crippen molar-refractivity contribution in [3.63, 3.8) is 0 Å². The van der Waals surface area contributed by atoms with E-state index in [-0.39, 0.29) is 6.42 Å². The van der Waals surface area contributed by atoms with E-state index in [4.69, 9.17) is 9.52 Å². The molecule has 0 aliphatic heterocycles. The van der Waals surface area contributed by atoms with E-state index in [0.29, 0.717) is 18.2 Å². The van der Waals surface area contributed by atoms with E-state index in [1.807, 2.05) is 0 Å². The van der Waals surface area contributed by atoms with Crippen molar-refractivity contribution in [2.24, 2.45) is 0 Å². The van der Waals surface area contributed by atoms with Gasteiger partial charge in [-0.05, 0) is 0 Å². The molecule has 5 nitrogen and oxygen atoms in total. The summed E-state index contributed by atoms with van der Waals surface area (Å²) in [6, 6.07) is 0. The number of nitrogens with zero attached hydrogens (tertiary/aromatic N) is 2. The van der Waals surface area contributed by atoms with Crippen LogP contribution in [-0.4, -0.2) is 21.3 Å². The minimum absolute atomic E-state index is 0.0294. The first kappa shape index (κ1) is 7.71. The number of aromatic nitrogens is 2. The van der Waals surface area contributed by atoms with Gasteiger partial charge in [-0.3, -0.25) is 4.79 Å². The van der Waals surface area contributed by atoms with Crippen LogP contribution in [0.4, 0.5) is 0 Å². The summed E-state index contributed by atoms with van der Waals surface area (Å²) in [5.41, 5.74) is 0. The average Bonchev–Trinajstić information content (AvgIpc) is 2.31. The zero-order valence-electron chi connectivity index (χ0n) is 6.07. The van der Waals surface area contributed by atoms with Crippen LogP contribution in [-0.2, 0) is 11.2 Å². The minimum Gasteiger partial charge on any atom is -0.481 e. The predicted molar refractivity (Wildman–Crippen MR) is 35.0 cm³/mol. The SMILES string of the molecule is Cc1nnc(CCC(=O)O)o1. The van der Waals surface area contributed by atoms with Crippen molar-refractivity contribution in [1.82, 2.24) is 10.2 Å². The van der Waals surface area contributed by atoms with Crippen molar-refractivity contribution in [1.29, 1.82) is 0 Å². The van der Waals surface area contributed by atoms with Gasteiger partial charge in [0.05, 0.1) is 6.42 Å². The third kappa shape index (κ3) is 2.37. The molecule has 0 radical (unpaired) electrons. The lowest BCUT2D eigenvalue weighted by Crippen LogP contribution is -1.97. The van der Waals surface area contributed by atoms with Gasteiger partial charge >= 0.3 is 5.97 Å². The van der Waals surface area contributed by atoms with Crippen LogP contribution in [0, 0.1) is 6.92 Å². The molecule has 0 amide bonds. The zero-order chi connectivity index (χ0) is 8.27. The maximum atomic E-state index is 10.1. The van der Waals surface area contributed by atoms with Crippen LogP contribution in [0.25, 0.3) is 0 Å². The highest BCUT2D eigenvalue weighted by Gasteiger charge is 2.04. The number of carboxylic acid groups (broad SMARTS) is 1. The van der Waals surface area contributed by atoms with Crippen molar-refractivity contribution in [2.75, 3.05) is 0 Å². The zero-order valence-corrected chi connectivity index (χ0v) is 6.07. The summed E-state index contributed by atoms with van der Waals surface area (Å²) in [7, 11) is 0. The number of carbonyl (C=O) groups is 1. The molecule has 1 aromatic heterocycles. The second-order valence-electron chi connectivity index (χ2n) is 2.11. The van der Waals surface area contributed by atoms with Gasteiger partial charge in [0.25, 0.3) is 0 Å². The monoisotopic (exact) mass is 156 g/mol. The third-order valence-corrected chi connectivity index (χ3v) is 1.12. The van der Waals surface area contributed by atoms with E-state index in [1.165, 1.54) is 0 Å². The molecule has 0 fully saturated rings. The molecule has 0 saturated carbocycles. The maximum Gasteiger partial charge on any atom is 0.303 e. The number of carboxylic acids is 1. The number of rotatable bonds is 3. The lowest BCUT2D eigenvalue weighted by atomic mass is 10.3. The molecule has 0 aliphatic carbocycles. The first-order chi connectivity index (χ1) is 5.18. The van der Waals surface area contributed by atoms with Crippen molar-refractivity contribution < 1.29 is 14.3 Å². The largest absolute Gasteiger partial charge is 0.481 e. The molecule has 11 heavy (non-hydrogen) atoms. The van der Waals surface area contributed by atoms with Gasteiger partial charge < -0.3 is 9.52 Å². The molecule has 1 heterocycles. The van der Waals surface area contributed by atoms with Gasteiger partial charge in [0, 0.05) is 13.3 Å². The van der Waals surface area contributed by atoms with Gasteiger partial charge in [0.2, 0.25) is 11.8 Å². The molecule has 0 aromatic carbocycles. The Morgan fingerprint density at radius 2 is 2.36 bits per heavy atom. The molecule has 0 saturated heterocycles. The molecule has 1 aromatic rings. The molecule has 0 aliphatic rings. The highest BCUT2D eigenvalue weighted by Crippen LogP contribution is 2.00. The lowest BCUT2D eigenvalue weighted by molar-refractivity contribution is -0.137. The average molecular weight is 156 g/mol. The highest BCUT2D eigenvalue weighted by atomic mass is 16.4. The van der Waals surface area contributed by atoms with Crippen molar-refractivity contribution in [2.45, 2.75) is 19.8 Å². The molecule has 1 rings (SSSR count). The van der Waals surface area contributed by atoms with Crippen LogP contribution < -0.4 is 0 Å². The van der Waals surface area contributed by atoms with Crippen molar-refractivity contribution in [3.8, 4) is 0 Å². The van der Waals surface area contributed by atoms with Gasteiger partial charge in [-0.15, -0.1) is 10.2 Å². The molecule has 0 unspecified atom stereocenters. The number of hydrogen-bond donors (Lipinski definition) is 1. The lowest BCUT2D eigenvalue weighted by Gasteiger charge is -1.87. The fourth-order valence-electron chi connectivity index (χ4n) is 0.652. The smallest absolute Gasteiger partial charge is 0.303 e. The number of aliphatic carboxylic acids is 1.